The number of nitrogens with one attached hydrogen (secondary N) is 2. The zero-order valence-electron chi connectivity index (χ0n) is 13.2. The first-order valence-electron chi connectivity index (χ1n) is 7.78. The highest BCUT2D eigenvalue weighted by Gasteiger charge is 2.41. The summed E-state index contributed by atoms with van der Waals surface area (Å²) >= 11 is 0. The van der Waals surface area contributed by atoms with Crippen LogP contribution < -0.4 is 10.6 Å². The molecule has 0 aromatic carbocycles. The van der Waals surface area contributed by atoms with Crippen molar-refractivity contribution in [2.45, 2.75) is 64.1 Å². The largest absolute Gasteiger partial charge is 0.465 e. The SMILES string of the molecule is CC(C)(C)NC(=O)CN1C2CCC1CC(CNC(=O)O)C2. The van der Waals surface area contributed by atoms with E-state index in [4.69, 9.17) is 5.11 Å². The number of carboxylic acid groups (broad SMARTS) is 1. The summed E-state index contributed by atoms with van der Waals surface area (Å²) in [6.07, 6.45) is 3.27. The molecule has 0 saturated carbocycles. The number of nitrogens with zero attached hydrogens (tertiary/aromatic N) is 1. The van der Waals surface area contributed by atoms with Gasteiger partial charge in [-0.25, -0.2) is 4.79 Å². The van der Waals surface area contributed by atoms with Crippen molar-refractivity contribution < 1.29 is 14.7 Å². The van der Waals surface area contributed by atoms with E-state index in [0.717, 1.165) is 25.7 Å². The summed E-state index contributed by atoms with van der Waals surface area (Å²) in [6.45, 7) is 6.96. The maximum absolute atomic E-state index is 12.1. The van der Waals surface area contributed by atoms with Crippen LogP contribution in [0, 0.1) is 5.92 Å². The number of hydrogen-bond donors (Lipinski definition) is 3. The van der Waals surface area contributed by atoms with Crippen LogP contribution in [-0.4, -0.2) is 52.7 Å². The van der Waals surface area contributed by atoms with Gasteiger partial charge in [0.25, 0.3) is 0 Å². The van der Waals surface area contributed by atoms with E-state index in [9.17, 15) is 9.59 Å². The molecule has 21 heavy (non-hydrogen) atoms. The van der Waals surface area contributed by atoms with Crippen LogP contribution in [0.4, 0.5) is 4.79 Å². The van der Waals surface area contributed by atoms with Crippen LogP contribution in [-0.2, 0) is 4.79 Å². The topological polar surface area (TPSA) is 81.7 Å². The average Bonchev–Trinajstić information content (AvgIpc) is 2.58. The minimum Gasteiger partial charge on any atom is -0.465 e. The third kappa shape index (κ3) is 4.59. The first-order chi connectivity index (χ1) is 9.74. The van der Waals surface area contributed by atoms with Gasteiger partial charge in [0.2, 0.25) is 5.91 Å². The summed E-state index contributed by atoms with van der Waals surface area (Å²) in [5.74, 6) is 0.488. The first kappa shape index (κ1) is 16.1. The van der Waals surface area contributed by atoms with E-state index in [2.05, 4.69) is 15.5 Å². The lowest BCUT2D eigenvalue weighted by molar-refractivity contribution is -0.125. The highest BCUT2D eigenvalue weighted by Crippen LogP contribution is 2.38. The molecular formula is C15H27N3O3. The Hall–Kier alpha value is -1.30. The maximum Gasteiger partial charge on any atom is 0.404 e. The van der Waals surface area contributed by atoms with E-state index in [0.29, 0.717) is 31.1 Å². The summed E-state index contributed by atoms with van der Waals surface area (Å²) in [5, 5.41) is 14.2. The molecular weight excluding hydrogens is 270 g/mol. The van der Waals surface area contributed by atoms with Crippen LogP contribution in [0.5, 0.6) is 0 Å². The fourth-order valence-electron chi connectivity index (χ4n) is 3.67. The lowest BCUT2D eigenvalue weighted by Crippen LogP contribution is -2.51. The van der Waals surface area contributed by atoms with Gasteiger partial charge >= 0.3 is 6.09 Å². The molecule has 2 heterocycles. The van der Waals surface area contributed by atoms with Crippen molar-refractivity contribution in [2.24, 2.45) is 5.92 Å². The molecule has 6 heteroatoms. The lowest BCUT2D eigenvalue weighted by atomic mass is 9.90. The second kappa shape index (κ2) is 6.22. The Morgan fingerprint density at radius 1 is 1.19 bits per heavy atom. The Morgan fingerprint density at radius 3 is 2.24 bits per heavy atom. The van der Waals surface area contributed by atoms with Crippen LogP contribution in [0.15, 0.2) is 0 Å². The van der Waals surface area contributed by atoms with E-state index < -0.39 is 6.09 Å². The van der Waals surface area contributed by atoms with Gasteiger partial charge in [0.15, 0.2) is 0 Å². The Labute approximate surface area is 126 Å². The van der Waals surface area contributed by atoms with Crippen LogP contribution >= 0.6 is 0 Å². The molecule has 6 nitrogen and oxygen atoms in total. The van der Waals surface area contributed by atoms with Crippen LogP contribution in [0.1, 0.15) is 46.5 Å². The van der Waals surface area contributed by atoms with E-state index in [1.165, 1.54) is 0 Å². The highest BCUT2D eigenvalue weighted by atomic mass is 16.4. The van der Waals surface area contributed by atoms with Gasteiger partial charge in [-0.05, 0) is 52.4 Å². The van der Waals surface area contributed by atoms with E-state index in [1.54, 1.807) is 0 Å². The lowest BCUT2D eigenvalue weighted by Gasteiger charge is -2.39. The Bertz CT molecular complexity index is 391. The summed E-state index contributed by atoms with van der Waals surface area (Å²) in [7, 11) is 0. The Kier molecular flexibility index (Phi) is 4.76. The van der Waals surface area contributed by atoms with Crippen molar-refractivity contribution in [1.82, 2.24) is 15.5 Å². The van der Waals surface area contributed by atoms with Crippen molar-refractivity contribution in [2.75, 3.05) is 13.1 Å². The van der Waals surface area contributed by atoms with Gasteiger partial charge in [-0.2, -0.15) is 0 Å². The predicted molar refractivity (Wildman–Crippen MR) is 80.2 cm³/mol. The van der Waals surface area contributed by atoms with Gasteiger partial charge in [-0.3, -0.25) is 9.69 Å². The summed E-state index contributed by atoms with van der Waals surface area (Å²) in [5.41, 5.74) is -0.195. The van der Waals surface area contributed by atoms with Gasteiger partial charge < -0.3 is 15.7 Å². The number of fused-ring (bicyclic) bond motifs is 2. The molecule has 0 aromatic heterocycles. The number of amides is 2. The van der Waals surface area contributed by atoms with Crippen molar-refractivity contribution in [1.29, 1.82) is 0 Å². The van der Waals surface area contributed by atoms with Gasteiger partial charge in [0.05, 0.1) is 6.54 Å². The number of piperidine rings is 1. The zero-order valence-corrected chi connectivity index (χ0v) is 13.2. The Balaban J connectivity index is 1.85. The van der Waals surface area contributed by atoms with Crippen LogP contribution in [0.2, 0.25) is 0 Å². The molecule has 0 radical (unpaired) electrons. The summed E-state index contributed by atoms with van der Waals surface area (Å²) in [4.78, 5) is 25.0. The maximum atomic E-state index is 12.1. The van der Waals surface area contributed by atoms with E-state index in [1.807, 2.05) is 20.8 Å². The van der Waals surface area contributed by atoms with E-state index >= 15 is 0 Å². The fourth-order valence-corrected chi connectivity index (χ4v) is 3.67. The number of hydrogen-bond acceptors (Lipinski definition) is 3. The molecule has 2 saturated heterocycles. The molecule has 2 bridgehead atoms. The van der Waals surface area contributed by atoms with E-state index in [-0.39, 0.29) is 11.4 Å². The minimum absolute atomic E-state index is 0.0847. The van der Waals surface area contributed by atoms with Gasteiger partial charge in [-0.15, -0.1) is 0 Å². The minimum atomic E-state index is -0.950. The molecule has 3 N–H and O–H groups in total. The molecule has 2 atom stereocenters. The predicted octanol–water partition coefficient (Wildman–Crippen LogP) is 1.41. The standard InChI is InChI=1S/C15H27N3O3/c1-15(2,3)17-13(19)9-18-11-4-5-12(18)7-10(6-11)8-16-14(20)21/h10-12,16H,4-9H2,1-3H3,(H,17,19)(H,20,21). The molecule has 2 aliphatic rings. The summed E-state index contributed by atoms with van der Waals surface area (Å²) < 4.78 is 0. The average molecular weight is 297 g/mol. The summed E-state index contributed by atoms with van der Waals surface area (Å²) in [6, 6.07) is 0.852. The number of carbonyl (C=O) groups is 2. The third-order valence-corrected chi connectivity index (χ3v) is 4.36. The number of rotatable bonds is 4. The van der Waals surface area contributed by atoms with Crippen LogP contribution in [0.3, 0.4) is 0 Å². The second-order valence-electron chi connectivity index (χ2n) is 7.38. The molecule has 2 unspecified atom stereocenters. The molecule has 2 aliphatic heterocycles. The van der Waals surface area contributed by atoms with Gasteiger partial charge in [0.1, 0.15) is 0 Å². The fraction of sp³-hybridized carbons (Fsp3) is 0.867. The Morgan fingerprint density at radius 2 is 1.76 bits per heavy atom. The molecule has 0 aromatic rings. The van der Waals surface area contributed by atoms with Crippen molar-refractivity contribution in [3.05, 3.63) is 0 Å². The first-order valence-corrected chi connectivity index (χ1v) is 7.78. The molecule has 2 fully saturated rings. The highest BCUT2D eigenvalue weighted by molar-refractivity contribution is 5.78. The molecule has 2 amide bonds. The molecule has 120 valence electrons. The van der Waals surface area contributed by atoms with Gasteiger partial charge in [-0.1, -0.05) is 0 Å². The molecule has 0 spiro atoms. The quantitative estimate of drug-likeness (QED) is 0.733. The molecule has 2 rings (SSSR count). The second-order valence-corrected chi connectivity index (χ2v) is 7.38. The van der Waals surface area contributed by atoms with Crippen LogP contribution in [0.25, 0.3) is 0 Å². The third-order valence-electron chi connectivity index (χ3n) is 4.36. The van der Waals surface area contributed by atoms with Crippen molar-refractivity contribution in [3.63, 3.8) is 0 Å². The molecule has 0 aliphatic carbocycles. The normalized spacial score (nSPS) is 29.2. The van der Waals surface area contributed by atoms with Gasteiger partial charge in [0, 0.05) is 24.2 Å². The monoisotopic (exact) mass is 297 g/mol. The van der Waals surface area contributed by atoms with Crippen molar-refractivity contribution in [3.8, 4) is 0 Å². The van der Waals surface area contributed by atoms with Crippen molar-refractivity contribution >= 4 is 12.0 Å². The number of carbonyl (C=O) groups excluding carboxylic acids is 1. The smallest absolute Gasteiger partial charge is 0.404 e. The zero-order chi connectivity index (χ0) is 15.6.